The van der Waals surface area contributed by atoms with Crippen LogP contribution in [-0.2, 0) is 0 Å². The molecule has 2 aromatic carbocycles. The average molecular weight is 340 g/mol. The number of hydrogen-bond acceptors (Lipinski definition) is 0. The van der Waals surface area contributed by atoms with Crippen LogP contribution in [0.25, 0.3) is 11.1 Å². The van der Waals surface area contributed by atoms with Gasteiger partial charge in [0.05, 0.1) is 0 Å². The summed E-state index contributed by atoms with van der Waals surface area (Å²) in [4.78, 5) is 0. The molecule has 0 radical (unpaired) electrons. The van der Waals surface area contributed by atoms with E-state index in [2.05, 4.69) is 13.0 Å². The van der Waals surface area contributed by atoms with Gasteiger partial charge < -0.3 is 0 Å². The molecular weight excluding hydrogens is 314 g/mol. The van der Waals surface area contributed by atoms with Crippen molar-refractivity contribution in [2.75, 3.05) is 0 Å². The van der Waals surface area contributed by atoms with Crippen LogP contribution in [0.5, 0.6) is 0 Å². The highest BCUT2D eigenvalue weighted by atomic mass is 19.1. The van der Waals surface area contributed by atoms with Gasteiger partial charge in [0.25, 0.3) is 0 Å². The Balaban J connectivity index is 1.52. The first-order chi connectivity index (χ1) is 12.1. The van der Waals surface area contributed by atoms with Crippen LogP contribution in [0.2, 0.25) is 0 Å². The van der Waals surface area contributed by atoms with E-state index in [9.17, 15) is 8.78 Å². The van der Waals surface area contributed by atoms with Gasteiger partial charge in [-0.25, -0.2) is 8.78 Å². The molecule has 4 atom stereocenters. The minimum absolute atomic E-state index is 0.191. The van der Waals surface area contributed by atoms with Crippen molar-refractivity contribution in [2.24, 2.45) is 17.8 Å². The van der Waals surface area contributed by atoms with Gasteiger partial charge >= 0.3 is 0 Å². The molecule has 2 fully saturated rings. The van der Waals surface area contributed by atoms with E-state index in [1.807, 2.05) is 6.07 Å². The first-order valence-electron chi connectivity index (χ1n) is 9.65. The van der Waals surface area contributed by atoms with Crippen LogP contribution in [0.15, 0.2) is 42.5 Å². The first-order valence-corrected chi connectivity index (χ1v) is 9.65. The van der Waals surface area contributed by atoms with Crippen molar-refractivity contribution in [1.82, 2.24) is 0 Å². The lowest BCUT2D eigenvalue weighted by molar-refractivity contribution is 0.124. The summed E-state index contributed by atoms with van der Waals surface area (Å²) >= 11 is 0. The minimum Gasteiger partial charge on any atom is -0.207 e. The van der Waals surface area contributed by atoms with Crippen molar-refractivity contribution in [1.29, 1.82) is 0 Å². The maximum atomic E-state index is 14.7. The lowest BCUT2D eigenvalue weighted by Gasteiger charge is -2.41. The van der Waals surface area contributed by atoms with E-state index in [-0.39, 0.29) is 11.6 Å². The van der Waals surface area contributed by atoms with Gasteiger partial charge in [0.1, 0.15) is 11.6 Å². The molecule has 0 bridgehead atoms. The van der Waals surface area contributed by atoms with Crippen molar-refractivity contribution >= 4 is 0 Å². The molecule has 4 rings (SSSR count). The molecule has 2 heteroatoms. The van der Waals surface area contributed by atoms with E-state index in [4.69, 9.17) is 0 Å². The molecule has 0 saturated heterocycles. The van der Waals surface area contributed by atoms with Gasteiger partial charge in [-0.1, -0.05) is 37.6 Å². The topological polar surface area (TPSA) is 0 Å². The molecule has 132 valence electrons. The van der Waals surface area contributed by atoms with Crippen LogP contribution >= 0.6 is 0 Å². The lowest BCUT2D eigenvalue weighted by atomic mass is 9.64. The van der Waals surface area contributed by atoms with Crippen molar-refractivity contribution < 1.29 is 8.78 Å². The number of fused-ring (bicyclic) bond motifs is 1. The number of benzene rings is 2. The van der Waals surface area contributed by atoms with E-state index in [0.717, 1.165) is 28.9 Å². The number of halogens is 2. The molecule has 25 heavy (non-hydrogen) atoms. The van der Waals surface area contributed by atoms with Crippen molar-refractivity contribution in [3.05, 3.63) is 59.7 Å². The summed E-state index contributed by atoms with van der Waals surface area (Å²) in [6.45, 7) is 2.38. The van der Waals surface area contributed by atoms with Gasteiger partial charge in [0.15, 0.2) is 0 Å². The highest BCUT2D eigenvalue weighted by Gasteiger charge is 2.34. The largest absolute Gasteiger partial charge is 0.207 e. The van der Waals surface area contributed by atoms with Crippen LogP contribution in [0.3, 0.4) is 0 Å². The smallest absolute Gasteiger partial charge is 0.131 e. The molecule has 0 nitrogen and oxygen atoms in total. The highest BCUT2D eigenvalue weighted by molar-refractivity contribution is 5.64. The zero-order valence-electron chi connectivity index (χ0n) is 14.8. The molecule has 0 spiro atoms. The van der Waals surface area contributed by atoms with Gasteiger partial charge in [-0.15, -0.1) is 0 Å². The second-order valence-corrected chi connectivity index (χ2v) is 8.19. The van der Waals surface area contributed by atoms with Gasteiger partial charge in [-0.05, 0) is 85.1 Å². The maximum Gasteiger partial charge on any atom is 0.131 e. The summed E-state index contributed by atoms with van der Waals surface area (Å²) in [7, 11) is 0. The zero-order chi connectivity index (χ0) is 17.4. The standard InChI is InChI=1S/C23H26F2/c1-15-2-3-18-13-19(5-4-17(18)12-15)20-8-11-22(23(25)14-20)16-6-9-21(24)10-7-16/h6-11,14-15,17-19H,2-5,12-13H2,1H3/t15?,17-,18-,19-/m1/s1. The molecule has 0 amide bonds. The summed E-state index contributed by atoms with van der Waals surface area (Å²) in [6, 6.07) is 11.7. The van der Waals surface area contributed by atoms with Crippen LogP contribution in [0.4, 0.5) is 8.78 Å². The molecule has 2 aliphatic carbocycles. The molecule has 2 saturated carbocycles. The van der Waals surface area contributed by atoms with Crippen molar-refractivity contribution in [3.8, 4) is 11.1 Å². The highest BCUT2D eigenvalue weighted by Crippen LogP contribution is 2.47. The van der Waals surface area contributed by atoms with Gasteiger partial charge in [-0.2, -0.15) is 0 Å². The summed E-state index contributed by atoms with van der Waals surface area (Å²) in [5.41, 5.74) is 2.43. The fraction of sp³-hybridized carbons (Fsp3) is 0.478. The zero-order valence-corrected chi connectivity index (χ0v) is 14.8. The maximum absolute atomic E-state index is 14.7. The Kier molecular flexibility index (Phi) is 4.62. The second kappa shape index (κ2) is 6.90. The summed E-state index contributed by atoms with van der Waals surface area (Å²) in [5.74, 6) is 2.61. The monoisotopic (exact) mass is 340 g/mol. The fourth-order valence-electron chi connectivity index (χ4n) is 5.08. The molecule has 0 aromatic heterocycles. The summed E-state index contributed by atoms with van der Waals surface area (Å²) in [5, 5.41) is 0. The number of hydrogen-bond donors (Lipinski definition) is 0. The van der Waals surface area contributed by atoms with Crippen LogP contribution in [0, 0.1) is 29.4 Å². The SMILES string of the molecule is CC1CC[C@@H]2C[C@H](c3ccc(-c4ccc(F)cc4)c(F)c3)CC[C@@H]2C1. The van der Waals surface area contributed by atoms with Gasteiger partial charge in [0.2, 0.25) is 0 Å². The molecule has 2 aromatic rings. The Hall–Kier alpha value is -1.70. The molecule has 1 unspecified atom stereocenters. The predicted octanol–water partition coefficient (Wildman–Crippen LogP) is 6.95. The predicted molar refractivity (Wildman–Crippen MR) is 98.4 cm³/mol. The van der Waals surface area contributed by atoms with Crippen LogP contribution in [0.1, 0.15) is 56.9 Å². The van der Waals surface area contributed by atoms with E-state index in [1.54, 1.807) is 18.2 Å². The van der Waals surface area contributed by atoms with E-state index in [0.29, 0.717) is 11.5 Å². The molecule has 2 aliphatic rings. The third-order valence-corrected chi connectivity index (χ3v) is 6.50. The van der Waals surface area contributed by atoms with E-state index < -0.39 is 0 Å². The Labute approximate surface area is 149 Å². The quantitative estimate of drug-likeness (QED) is 0.555. The normalized spacial score (nSPS) is 29.2. The second-order valence-electron chi connectivity index (χ2n) is 8.19. The van der Waals surface area contributed by atoms with Crippen molar-refractivity contribution in [3.63, 3.8) is 0 Å². The Morgan fingerprint density at radius 3 is 2.28 bits per heavy atom. The number of rotatable bonds is 2. The lowest BCUT2D eigenvalue weighted by Crippen LogP contribution is -2.29. The van der Waals surface area contributed by atoms with Gasteiger partial charge in [0, 0.05) is 5.56 Å². The molecule has 0 N–H and O–H groups in total. The van der Waals surface area contributed by atoms with Crippen LogP contribution in [-0.4, -0.2) is 0 Å². The molecule has 0 heterocycles. The van der Waals surface area contributed by atoms with E-state index >= 15 is 0 Å². The third kappa shape index (κ3) is 3.49. The minimum atomic E-state index is -0.292. The van der Waals surface area contributed by atoms with Crippen molar-refractivity contribution in [2.45, 2.75) is 51.4 Å². The van der Waals surface area contributed by atoms with Crippen LogP contribution < -0.4 is 0 Å². The Morgan fingerprint density at radius 2 is 1.52 bits per heavy atom. The average Bonchev–Trinajstić information content (AvgIpc) is 2.62. The molecule has 0 aliphatic heterocycles. The van der Waals surface area contributed by atoms with Gasteiger partial charge in [-0.3, -0.25) is 0 Å². The fourth-order valence-corrected chi connectivity index (χ4v) is 5.08. The Bertz CT molecular complexity index is 734. The first kappa shape index (κ1) is 16.8. The summed E-state index contributed by atoms with van der Waals surface area (Å²) < 4.78 is 27.8. The van der Waals surface area contributed by atoms with E-state index in [1.165, 1.54) is 50.7 Å². The third-order valence-electron chi connectivity index (χ3n) is 6.50. The Morgan fingerprint density at radius 1 is 0.800 bits per heavy atom. The molecular formula is C23H26F2. The summed E-state index contributed by atoms with van der Waals surface area (Å²) in [6.07, 6.45) is 7.77.